The van der Waals surface area contributed by atoms with E-state index in [4.69, 9.17) is 4.74 Å². The van der Waals surface area contributed by atoms with E-state index in [9.17, 15) is 4.79 Å². The molecule has 0 atom stereocenters. The predicted molar refractivity (Wildman–Crippen MR) is 116 cm³/mol. The highest BCUT2D eigenvalue weighted by molar-refractivity contribution is 6.06. The quantitative estimate of drug-likeness (QED) is 0.557. The highest BCUT2D eigenvalue weighted by Gasteiger charge is 2.20. The van der Waals surface area contributed by atoms with Crippen molar-refractivity contribution < 1.29 is 9.53 Å². The molecule has 0 fully saturated rings. The van der Waals surface area contributed by atoms with E-state index >= 15 is 0 Å². The SMILES string of the molecule is O=C(c1ccccc1)N1CCCCCCCCCCCCOc2ccccc21. The van der Waals surface area contributed by atoms with Gasteiger partial charge >= 0.3 is 0 Å². The van der Waals surface area contributed by atoms with Gasteiger partial charge in [-0.2, -0.15) is 0 Å². The third kappa shape index (κ3) is 6.12. The number of carbonyl (C=O) groups is 1. The summed E-state index contributed by atoms with van der Waals surface area (Å²) in [5.74, 6) is 0.872. The summed E-state index contributed by atoms with van der Waals surface area (Å²) >= 11 is 0. The van der Waals surface area contributed by atoms with Crippen molar-refractivity contribution in [2.45, 2.75) is 64.2 Å². The van der Waals surface area contributed by atoms with Crippen molar-refractivity contribution in [3.63, 3.8) is 0 Å². The van der Waals surface area contributed by atoms with Crippen LogP contribution in [0.15, 0.2) is 54.6 Å². The number of hydrogen-bond acceptors (Lipinski definition) is 2. The second-order valence-electron chi connectivity index (χ2n) is 7.67. The van der Waals surface area contributed by atoms with Crippen LogP contribution in [-0.2, 0) is 0 Å². The van der Waals surface area contributed by atoms with Crippen molar-refractivity contribution >= 4 is 11.6 Å². The van der Waals surface area contributed by atoms with Gasteiger partial charge in [0.2, 0.25) is 0 Å². The molecule has 1 aliphatic heterocycles. The largest absolute Gasteiger partial charge is 0.491 e. The van der Waals surface area contributed by atoms with Crippen molar-refractivity contribution in [2.75, 3.05) is 18.1 Å². The van der Waals surface area contributed by atoms with Gasteiger partial charge in [0.15, 0.2) is 0 Å². The lowest BCUT2D eigenvalue weighted by atomic mass is 10.1. The Morgan fingerprint density at radius 1 is 0.679 bits per heavy atom. The van der Waals surface area contributed by atoms with Gasteiger partial charge in [-0.25, -0.2) is 0 Å². The van der Waals surface area contributed by atoms with Gasteiger partial charge in [-0.15, -0.1) is 0 Å². The number of carbonyl (C=O) groups excluding carboxylic acids is 1. The first kappa shape index (κ1) is 20.4. The van der Waals surface area contributed by atoms with Crippen LogP contribution in [0, 0.1) is 0 Å². The molecule has 28 heavy (non-hydrogen) atoms. The molecule has 0 saturated carbocycles. The molecule has 0 aliphatic carbocycles. The van der Waals surface area contributed by atoms with E-state index in [0.29, 0.717) is 6.61 Å². The first-order chi connectivity index (χ1) is 13.9. The van der Waals surface area contributed by atoms with Crippen LogP contribution in [-0.4, -0.2) is 19.1 Å². The van der Waals surface area contributed by atoms with Crippen LogP contribution in [0.25, 0.3) is 0 Å². The molecule has 150 valence electrons. The summed E-state index contributed by atoms with van der Waals surface area (Å²) in [6, 6.07) is 17.6. The molecule has 0 saturated heterocycles. The number of rotatable bonds is 1. The van der Waals surface area contributed by atoms with Crippen LogP contribution in [0.4, 0.5) is 5.69 Å². The zero-order valence-corrected chi connectivity index (χ0v) is 16.9. The number of benzene rings is 2. The fraction of sp³-hybridized carbons (Fsp3) is 0.480. The van der Waals surface area contributed by atoms with Crippen molar-refractivity contribution in [1.82, 2.24) is 0 Å². The average Bonchev–Trinajstić information content (AvgIpc) is 2.74. The Kier molecular flexibility index (Phi) is 8.42. The fourth-order valence-corrected chi connectivity index (χ4v) is 3.84. The topological polar surface area (TPSA) is 29.5 Å². The molecule has 2 aromatic rings. The summed E-state index contributed by atoms with van der Waals surface area (Å²) in [4.78, 5) is 15.2. The molecular weight excluding hydrogens is 346 g/mol. The minimum Gasteiger partial charge on any atom is -0.491 e. The van der Waals surface area contributed by atoms with E-state index in [1.54, 1.807) is 0 Å². The third-order valence-corrected chi connectivity index (χ3v) is 5.46. The number of anilines is 1. The Labute approximate surface area is 169 Å². The molecule has 2 aromatic carbocycles. The molecule has 0 N–H and O–H groups in total. The van der Waals surface area contributed by atoms with Gasteiger partial charge in [0.1, 0.15) is 5.75 Å². The molecule has 0 unspecified atom stereocenters. The van der Waals surface area contributed by atoms with Crippen LogP contribution in [0.2, 0.25) is 0 Å². The Morgan fingerprint density at radius 3 is 1.96 bits per heavy atom. The van der Waals surface area contributed by atoms with Gasteiger partial charge in [0.05, 0.1) is 12.3 Å². The van der Waals surface area contributed by atoms with Gasteiger partial charge in [-0.1, -0.05) is 81.7 Å². The van der Waals surface area contributed by atoms with Crippen LogP contribution in [0.5, 0.6) is 5.75 Å². The van der Waals surface area contributed by atoms with Crippen LogP contribution in [0.1, 0.15) is 74.6 Å². The van der Waals surface area contributed by atoms with E-state index in [1.165, 1.54) is 51.4 Å². The molecule has 0 bridgehead atoms. The number of nitrogens with zero attached hydrogens (tertiary/aromatic N) is 1. The second kappa shape index (κ2) is 11.5. The number of amides is 1. The molecule has 1 aliphatic rings. The molecule has 1 heterocycles. The molecule has 1 amide bonds. The van der Waals surface area contributed by atoms with Gasteiger partial charge in [-0.3, -0.25) is 4.79 Å². The van der Waals surface area contributed by atoms with Crippen molar-refractivity contribution in [1.29, 1.82) is 0 Å². The zero-order valence-electron chi connectivity index (χ0n) is 16.9. The summed E-state index contributed by atoms with van der Waals surface area (Å²) < 4.78 is 6.11. The fourth-order valence-electron chi connectivity index (χ4n) is 3.84. The Morgan fingerprint density at radius 2 is 1.25 bits per heavy atom. The Balaban J connectivity index is 1.80. The lowest BCUT2D eigenvalue weighted by Crippen LogP contribution is -2.32. The molecule has 3 heteroatoms. The van der Waals surface area contributed by atoms with Crippen LogP contribution >= 0.6 is 0 Å². The summed E-state index contributed by atoms with van der Waals surface area (Å²) in [5.41, 5.74) is 1.62. The van der Waals surface area contributed by atoms with Crippen molar-refractivity contribution in [3.8, 4) is 5.75 Å². The smallest absolute Gasteiger partial charge is 0.258 e. The lowest BCUT2D eigenvalue weighted by molar-refractivity contribution is 0.0985. The second-order valence-corrected chi connectivity index (χ2v) is 7.67. The average molecular weight is 380 g/mol. The molecule has 3 rings (SSSR count). The maximum absolute atomic E-state index is 13.3. The zero-order chi connectivity index (χ0) is 19.4. The highest BCUT2D eigenvalue weighted by atomic mass is 16.5. The molecular formula is C25H33NO2. The van der Waals surface area contributed by atoms with Crippen molar-refractivity contribution in [3.05, 3.63) is 60.2 Å². The Hall–Kier alpha value is -2.29. The van der Waals surface area contributed by atoms with Gasteiger partial charge in [-0.05, 0) is 37.1 Å². The molecule has 0 aromatic heterocycles. The van der Waals surface area contributed by atoms with Gasteiger partial charge < -0.3 is 9.64 Å². The highest BCUT2D eigenvalue weighted by Crippen LogP contribution is 2.30. The van der Waals surface area contributed by atoms with E-state index in [-0.39, 0.29) is 5.91 Å². The summed E-state index contributed by atoms with van der Waals surface area (Å²) in [6.45, 7) is 1.44. The van der Waals surface area contributed by atoms with Gasteiger partial charge in [0.25, 0.3) is 5.91 Å². The minimum absolute atomic E-state index is 0.0535. The van der Waals surface area contributed by atoms with Crippen LogP contribution in [0.3, 0.4) is 0 Å². The number of ether oxygens (including phenoxy) is 1. The number of hydrogen-bond donors (Lipinski definition) is 0. The summed E-state index contributed by atoms with van der Waals surface area (Å²) in [6.07, 6.45) is 12.4. The third-order valence-electron chi connectivity index (χ3n) is 5.46. The monoisotopic (exact) mass is 379 g/mol. The molecule has 0 radical (unpaired) electrons. The lowest BCUT2D eigenvalue weighted by Gasteiger charge is -2.25. The first-order valence-electron chi connectivity index (χ1n) is 10.9. The first-order valence-corrected chi connectivity index (χ1v) is 10.9. The van der Waals surface area contributed by atoms with Crippen LogP contribution < -0.4 is 9.64 Å². The summed E-state index contributed by atoms with van der Waals surface area (Å²) in [7, 11) is 0. The molecule has 3 nitrogen and oxygen atoms in total. The number of fused-ring (bicyclic) bond motifs is 1. The molecule has 0 spiro atoms. The van der Waals surface area contributed by atoms with Gasteiger partial charge in [0, 0.05) is 12.1 Å². The van der Waals surface area contributed by atoms with E-state index in [0.717, 1.165) is 36.4 Å². The predicted octanol–water partition coefficient (Wildman–Crippen LogP) is 6.63. The summed E-state index contributed by atoms with van der Waals surface area (Å²) in [5, 5.41) is 0. The normalized spacial score (nSPS) is 17.4. The van der Waals surface area contributed by atoms with E-state index in [2.05, 4.69) is 0 Å². The van der Waals surface area contributed by atoms with Crippen molar-refractivity contribution in [2.24, 2.45) is 0 Å². The Bertz CT molecular complexity index is 713. The standard InChI is InChI=1S/C25H33NO2/c27-25(22-16-10-9-11-17-22)26-20-14-7-5-3-1-2-4-6-8-15-21-28-24-19-13-12-18-23(24)26/h9-13,16-19H,1-8,14-15,20-21H2. The minimum atomic E-state index is 0.0535. The number of para-hydroxylation sites is 2. The maximum Gasteiger partial charge on any atom is 0.258 e. The maximum atomic E-state index is 13.3. The van der Waals surface area contributed by atoms with E-state index < -0.39 is 0 Å². The van der Waals surface area contributed by atoms with E-state index in [1.807, 2.05) is 59.5 Å².